The molecule has 2 amide bonds. The van der Waals surface area contributed by atoms with Crippen LogP contribution in [0.15, 0.2) is 48.5 Å². The molecule has 136 valence electrons. The molecule has 5 nitrogen and oxygen atoms in total. The maximum absolute atomic E-state index is 12.3. The van der Waals surface area contributed by atoms with Gasteiger partial charge in [-0.25, -0.2) is 0 Å². The first kappa shape index (κ1) is 18.4. The fraction of sp³-hybridized carbons (Fsp3) is 0.300. The van der Waals surface area contributed by atoms with E-state index in [-0.39, 0.29) is 24.5 Å². The lowest BCUT2D eigenvalue weighted by Gasteiger charge is -2.33. The molecule has 0 aromatic heterocycles. The van der Waals surface area contributed by atoms with E-state index in [0.29, 0.717) is 23.7 Å². The van der Waals surface area contributed by atoms with Gasteiger partial charge < -0.3 is 15.0 Å². The zero-order valence-corrected chi connectivity index (χ0v) is 15.3. The van der Waals surface area contributed by atoms with Crippen molar-refractivity contribution < 1.29 is 14.3 Å². The maximum Gasteiger partial charge on any atom is 0.253 e. The first-order valence-electron chi connectivity index (χ1n) is 8.62. The summed E-state index contributed by atoms with van der Waals surface area (Å²) in [6.45, 7) is 2.79. The van der Waals surface area contributed by atoms with Crippen molar-refractivity contribution in [2.24, 2.45) is 0 Å². The number of benzene rings is 2. The zero-order valence-electron chi connectivity index (χ0n) is 14.6. The Balaban J connectivity index is 1.61. The van der Waals surface area contributed by atoms with E-state index in [1.807, 2.05) is 24.3 Å². The van der Waals surface area contributed by atoms with Crippen LogP contribution >= 0.6 is 11.6 Å². The highest BCUT2D eigenvalue weighted by Crippen LogP contribution is 2.20. The van der Waals surface area contributed by atoms with Gasteiger partial charge in [-0.15, -0.1) is 0 Å². The number of ether oxygens (including phenoxy) is 1. The lowest BCUT2D eigenvalue weighted by molar-refractivity contribution is -0.129. The summed E-state index contributed by atoms with van der Waals surface area (Å²) in [5.41, 5.74) is 2.49. The molecule has 0 radical (unpaired) electrons. The van der Waals surface area contributed by atoms with E-state index in [4.69, 9.17) is 16.3 Å². The lowest BCUT2D eigenvalue weighted by Crippen LogP contribution is -2.50. The van der Waals surface area contributed by atoms with E-state index in [0.717, 1.165) is 12.1 Å². The molecule has 6 heteroatoms. The van der Waals surface area contributed by atoms with E-state index in [9.17, 15) is 9.59 Å². The molecule has 3 rings (SSSR count). The molecule has 26 heavy (non-hydrogen) atoms. The van der Waals surface area contributed by atoms with Crippen molar-refractivity contribution in [2.75, 3.05) is 24.6 Å². The Bertz CT molecular complexity index is 792. The van der Waals surface area contributed by atoms with Crippen LogP contribution in [0.1, 0.15) is 22.8 Å². The second-order valence-corrected chi connectivity index (χ2v) is 6.55. The van der Waals surface area contributed by atoms with Crippen LogP contribution in [0.3, 0.4) is 0 Å². The van der Waals surface area contributed by atoms with Gasteiger partial charge in [-0.2, -0.15) is 0 Å². The molecular formula is C20H21ClN2O3. The van der Waals surface area contributed by atoms with Gasteiger partial charge in [0.15, 0.2) is 0 Å². The standard InChI is InChI=1S/C20H21ClN2O3/c1-2-14-7-9-15(10-8-14)23-12-16(26-13-19(23)24)11-22-20(25)17-5-3-4-6-18(17)21/h3-10,16H,2,11-13H2,1H3,(H,22,25). The van der Waals surface area contributed by atoms with E-state index >= 15 is 0 Å². The first-order chi connectivity index (χ1) is 12.6. The monoisotopic (exact) mass is 372 g/mol. The number of amides is 2. The Morgan fingerprint density at radius 3 is 2.65 bits per heavy atom. The van der Waals surface area contributed by atoms with E-state index in [1.165, 1.54) is 5.56 Å². The fourth-order valence-corrected chi connectivity index (χ4v) is 3.08. The summed E-state index contributed by atoms with van der Waals surface area (Å²) < 4.78 is 5.56. The van der Waals surface area contributed by atoms with Gasteiger partial charge in [-0.1, -0.05) is 42.8 Å². The molecule has 0 spiro atoms. The molecule has 2 aromatic rings. The number of anilines is 1. The molecule has 1 fully saturated rings. The van der Waals surface area contributed by atoms with Crippen molar-refractivity contribution in [3.8, 4) is 0 Å². The zero-order chi connectivity index (χ0) is 18.5. The molecule has 1 aliphatic rings. The minimum atomic E-state index is -0.273. The van der Waals surface area contributed by atoms with Crippen LogP contribution in [0.5, 0.6) is 0 Å². The van der Waals surface area contributed by atoms with Crippen molar-refractivity contribution >= 4 is 29.1 Å². The molecule has 1 unspecified atom stereocenters. The predicted molar refractivity (Wildman–Crippen MR) is 102 cm³/mol. The normalized spacial score (nSPS) is 17.2. The Morgan fingerprint density at radius 1 is 1.23 bits per heavy atom. The summed E-state index contributed by atoms with van der Waals surface area (Å²) in [6, 6.07) is 14.8. The average Bonchev–Trinajstić information content (AvgIpc) is 2.67. The van der Waals surface area contributed by atoms with E-state index in [2.05, 4.69) is 12.2 Å². The van der Waals surface area contributed by atoms with Crippen LogP contribution < -0.4 is 10.2 Å². The van der Waals surface area contributed by atoms with Crippen LogP contribution in [0.4, 0.5) is 5.69 Å². The lowest BCUT2D eigenvalue weighted by atomic mass is 10.1. The number of carbonyl (C=O) groups excluding carboxylic acids is 2. The molecule has 1 N–H and O–H groups in total. The fourth-order valence-electron chi connectivity index (χ4n) is 2.86. The van der Waals surface area contributed by atoms with E-state index < -0.39 is 0 Å². The Hall–Kier alpha value is -2.37. The third-order valence-corrected chi connectivity index (χ3v) is 4.72. The SMILES string of the molecule is CCc1ccc(N2CC(CNC(=O)c3ccccc3Cl)OCC2=O)cc1. The number of aryl methyl sites for hydroxylation is 1. The molecule has 0 aliphatic carbocycles. The van der Waals surface area contributed by atoms with Gasteiger partial charge >= 0.3 is 0 Å². The number of hydrogen-bond acceptors (Lipinski definition) is 3. The number of hydrogen-bond donors (Lipinski definition) is 1. The molecule has 0 saturated carbocycles. The van der Waals surface area contributed by atoms with Crippen LogP contribution in [0.2, 0.25) is 5.02 Å². The van der Waals surface area contributed by atoms with Gasteiger partial charge in [-0.3, -0.25) is 9.59 Å². The predicted octanol–water partition coefficient (Wildman–Crippen LogP) is 3.06. The Morgan fingerprint density at radius 2 is 1.96 bits per heavy atom. The third kappa shape index (κ3) is 4.23. The van der Waals surface area contributed by atoms with Crippen LogP contribution in [-0.2, 0) is 16.0 Å². The highest BCUT2D eigenvalue weighted by molar-refractivity contribution is 6.33. The number of morpholine rings is 1. The second-order valence-electron chi connectivity index (χ2n) is 6.15. The van der Waals surface area contributed by atoms with Gasteiger partial charge in [0.2, 0.25) is 0 Å². The third-order valence-electron chi connectivity index (χ3n) is 4.39. The smallest absolute Gasteiger partial charge is 0.253 e. The first-order valence-corrected chi connectivity index (χ1v) is 9.00. The molecule has 1 saturated heterocycles. The maximum atomic E-state index is 12.3. The van der Waals surface area contributed by atoms with Gasteiger partial charge in [0.05, 0.1) is 23.2 Å². The molecule has 1 aliphatic heterocycles. The van der Waals surface area contributed by atoms with Gasteiger partial charge in [-0.05, 0) is 36.2 Å². The van der Waals surface area contributed by atoms with Crippen molar-refractivity contribution in [3.63, 3.8) is 0 Å². The molecule has 1 heterocycles. The minimum Gasteiger partial charge on any atom is -0.365 e. The number of nitrogens with zero attached hydrogens (tertiary/aromatic N) is 1. The highest BCUT2D eigenvalue weighted by Gasteiger charge is 2.27. The topological polar surface area (TPSA) is 58.6 Å². The van der Waals surface area contributed by atoms with Crippen molar-refractivity contribution in [1.82, 2.24) is 5.32 Å². The molecule has 2 aromatic carbocycles. The van der Waals surface area contributed by atoms with Crippen LogP contribution in [0, 0.1) is 0 Å². The highest BCUT2D eigenvalue weighted by atomic mass is 35.5. The number of carbonyl (C=O) groups is 2. The van der Waals surface area contributed by atoms with Crippen LogP contribution in [-0.4, -0.2) is 37.6 Å². The largest absolute Gasteiger partial charge is 0.365 e. The van der Waals surface area contributed by atoms with Crippen molar-refractivity contribution in [3.05, 3.63) is 64.7 Å². The summed E-state index contributed by atoms with van der Waals surface area (Å²) >= 11 is 6.04. The van der Waals surface area contributed by atoms with E-state index in [1.54, 1.807) is 29.2 Å². The van der Waals surface area contributed by atoms with Gasteiger partial charge in [0.1, 0.15) is 6.61 Å². The van der Waals surface area contributed by atoms with Crippen LogP contribution in [0.25, 0.3) is 0 Å². The van der Waals surface area contributed by atoms with Gasteiger partial charge in [0, 0.05) is 12.2 Å². The number of rotatable bonds is 5. The second kappa shape index (κ2) is 8.34. The van der Waals surface area contributed by atoms with Gasteiger partial charge in [0.25, 0.3) is 11.8 Å². The molecular weight excluding hydrogens is 352 g/mol. The summed E-state index contributed by atoms with van der Waals surface area (Å²) in [5.74, 6) is -0.335. The number of halogens is 1. The summed E-state index contributed by atoms with van der Waals surface area (Å²) in [5, 5.41) is 3.23. The van der Waals surface area contributed by atoms with Crippen molar-refractivity contribution in [1.29, 1.82) is 0 Å². The van der Waals surface area contributed by atoms with Crippen molar-refractivity contribution in [2.45, 2.75) is 19.4 Å². The quantitative estimate of drug-likeness (QED) is 0.877. The minimum absolute atomic E-state index is 0.00214. The summed E-state index contributed by atoms with van der Waals surface area (Å²) in [4.78, 5) is 26.2. The molecule has 1 atom stereocenters. The Kier molecular flexibility index (Phi) is 5.91. The summed E-state index contributed by atoms with van der Waals surface area (Å²) in [6.07, 6.45) is 0.679. The average molecular weight is 373 g/mol. The number of nitrogens with one attached hydrogen (secondary N) is 1. The molecule has 0 bridgehead atoms. The summed E-state index contributed by atoms with van der Waals surface area (Å²) in [7, 11) is 0. The Labute approximate surface area is 157 Å².